The van der Waals surface area contributed by atoms with Gasteiger partial charge in [0.05, 0.1) is 17.1 Å². The minimum Gasteiger partial charge on any atom is -0.569 e. The first-order valence-electron chi connectivity index (χ1n) is 7.22. The van der Waals surface area contributed by atoms with Crippen LogP contribution in [0.4, 0.5) is 0 Å². The van der Waals surface area contributed by atoms with Crippen LogP contribution >= 0.6 is 0 Å². The van der Waals surface area contributed by atoms with Gasteiger partial charge in [-0.15, -0.1) is 5.01 Å². The summed E-state index contributed by atoms with van der Waals surface area (Å²) in [6.07, 6.45) is 1.94. The molecule has 1 aliphatic rings. The Labute approximate surface area is 116 Å². The summed E-state index contributed by atoms with van der Waals surface area (Å²) < 4.78 is 0. The van der Waals surface area contributed by atoms with Crippen LogP contribution in [-0.2, 0) is 4.84 Å². The normalized spacial score (nSPS) is 19.5. The zero-order valence-corrected chi connectivity index (χ0v) is 12.9. The quantitative estimate of drug-likeness (QED) is 0.438. The van der Waals surface area contributed by atoms with Crippen molar-refractivity contribution in [3.05, 3.63) is 5.21 Å². The third kappa shape index (κ3) is 4.86. The molecule has 0 aromatic rings. The van der Waals surface area contributed by atoms with Crippen LogP contribution in [0.3, 0.4) is 0 Å². The summed E-state index contributed by atoms with van der Waals surface area (Å²) in [5.41, 5.74) is -0.255. The Bertz CT molecular complexity index is 294. The van der Waals surface area contributed by atoms with Gasteiger partial charge in [-0.25, -0.2) is 0 Å². The van der Waals surface area contributed by atoms with Gasteiger partial charge in [-0.05, 0) is 47.1 Å². The summed E-state index contributed by atoms with van der Waals surface area (Å²) in [5, 5.41) is 17.3. The third-order valence-electron chi connectivity index (χ3n) is 3.53. The SMILES string of the molecule is CCN1CCC(O/N=[N+](\[O-])N(CC)C(C)(C)C)CC1. The Morgan fingerprint density at radius 3 is 2.32 bits per heavy atom. The van der Waals surface area contributed by atoms with E-state index < -0.39 is 0 Å². The van der Waals surface area contributed by atoms with Crippen molar-refractivity contribution >= 4 is 0 Å². The summed E-state index contributed by atoms with van der Waals surface area (Å²) in [7, 11) is 0. The maximum Gasteiger partial charge on any atom is 0.233 e. The molecule has 1 aliphatic heterocycles. The fourth-order valence-corrected chi connectivity index (χ4v) is 2.33. The molecule has 0 saturated carbocycles. The molecule has 0 spiro atoms. The molecule has 0 aromatic heterocycles. The number of hydrogen-bond acceptors (Lipinski definition) is 4. The maximum atomic E-state index is 11.9. The molecule has 1 fully saturated rings. The molecule has 6 nitrogen and oxygen atoms in total. The van der Waals surface area contributed by atoms with Crippen molar-refractivity contribution in [2.24, 2.45) is 5.28 Å². The highest BCUT2D eigenvalue weighted by molar-refractivity contribution is 4.70. The summed E-state index contributed by atoms with van der Waals surface area (Å²) in [5.74, 6) is 0. The Kier molecular flexibility index (Phi) is 5.85. The lowest BCUT2D eigenvalue weighted by atomic mass is 10.1. The minimum atomic E-state index is -0.255. The number of likely N-dealkylation sites (tertiary alicyclic amines) is 1. The van der Waals surface area contributed by atoms with Gasteiger partial charge in [0.2, 0.25) is 5.28 Å². The van der Waals surface area contributed by atoms with E-state index in [0.717, 1.165) is 32.5 Å². The van der Waals surface area contributed by atoms with Crippen LogP contribution in [0.15, 0.2) is 5.28 Å². The van der Waals surface area contributed by atoms with E-state index in [-0.39, 0.29) is 11.6 Å². The number of nitrogens with zero attached hydrogens (tertiary/aromatic N) is 4. The first kappa shape index (κ1) is 16.0. The van der Waals surface area contributed by atoms with Gasteiger partial charge in [0, 0.05) is 13.1 Å². The second-order valence-electron chi connectivity index (χ2n) is 5.96. The molecule has 112 valence electrons. The molecule has 0 atom stereocenters. The molecule has 0 bridgehead atoms. The van der Waals surface area contributed by atoms with E-state index in [9.17, 15) is 5.21 Å². The highest BCUT2D eigenvalue weighted by atomic mass is 16.7. The number of piperidine rings is 1. The van der Waals surface area contributed by atoms with E-state index in [0.29, 0.717) is 11.5 Å². The average Bonchev–Trinajstić information content (AvgIpc) is 2.36. The summed E-state index contributed by atoms with van der Waals surface area (Å²) in [4.78, 5) is 8.35. The fourth-order valence-electron chi connectivity index (χ4n) is 2.33. The van der Waals surface area contributed by atoms with E-state index in [1.807, 2.05) is 27.7 Å². The van der Waals surface area contributed by atoms with Crippen LogP contribution in [0.2, 0.25) is 0 Å². The summed E-state index contributed by atoms with van der Waals surface area (Å²) >= 11 is 0. The highest BCUT2D eigenvalue weighted by Crippen LogP contribution is 2.16. The third-order valence-corrected chi connectivity index (χ3v) is 3.53. The van der Waals surface area contributed by atoms with Gasteiger partial charge in [-0.3, -0.25) is 0 Å². The molecule has 1 saturated heterocycles. The number of rotatable bonds is 5. The minimum absolute atomic E-state index is 0.0675. The van der Waals surface area contributed by atoms with Crippen molar-refractivity contribution in [2.75, 3.05) is 26.2 Å². The van der Waals surface area contributed by atoms with E-state index >= 15 is 0 Å². The maximum absolute atomic E-state index is 11.9. The Hall–Kier alpha value is -1.04. The lowest BCUT2D eigenvalue weighted by Gasteiger charge is -2.30. The van der Waals surface area contributed by atoms with Crippen molar-refractivity contribution in [1.29, 1.82) is 0 Å². The van der Waals surface area contributed by atoms with E-state index in [2.05, 4.69) is 17.1 Å². The topological polar surface area (TPSA) is 54.1 Å². The Morgan fingerprint density at radius 2 is 1.89 bits per heavy atom. The second kappa shape index (κ2) is 6.93. The summed E-state index contributed by atoms with van der Waals surface area (Å²) in [6.45, 7) is 13.8. The molecule has 19 heavy (non-hydrogen) atoms. The molecule has 1 rings (SSSR count). The van der Waals surface area contributed by atoms with Crippen molar-refractivity contribution in [3.8, 4) is 0 Å². The first-order chi connectivity index (χ1) is 8.88. The van der Waals surface area contributed by atoms with Crippen LogP contribution in [0, 0.1) is 5.21 Å². The van der Waals surface area contributed by atoms with Gasteiger partial charge in [0.15, 0.2) is 0 Å². The largest absolute Gasteiger partial charge is 0.569 e. The van der Waals surface area contributed by atoms with Crippen molar-refractivity contribution in [1.82, 2.24) is 9.91 Å². The zero-order valence-electron chi connectivity index (χ0n) is 12.9. The van der Waals surface area contributed by atoms with Crippen molar-refractivity contribution < 1.29 is 9.81 Å². The van der Waals surface area contributed by atoms with Gasteiger partial charge in [-0.2, -0.15) is 0 Å². The number of hydrazine groups is 1. The molecular weight excluding hydrogens is 244 g/mol. The van der Waals surface area contributed by atoms with E-state index in [1.165, 1.54) is 0 Å². The molecule has 0 unspecified atom stereocenters. The molecular formula is C13H28N4O2. The Balaban J connectivity index is 2.47. The molecule has 6 heteroatoms. The molecule has 0 amide bonds. The van der Waals surface area contributed by atoms with Crippen LogP contribution in [0.25, 0.3) is 0 Å². The molecule has 0 N–H and O–H groups in total. The predicted octanol–water partition coefficient (Wildman–Crippen LogP) is 2.40. The molecule has 0 aromatic carbocycles. The van der Waals surface area contributed by atoms with E-state index in [1.54, 1.807) is 5.01 Å². The Morgan fingerprint density at radius 1 is 1.32 bits per heavy atom. The van der Waals surface area contributed by atoms with Crippen molar-refractivity contribution in [2.45, 2.75) is 59.1 Å². The van der Waals surface area contributed by atoms with Crippen LogP contribution in [0.5, 0.6) is 0 Å². The van der Waals surface area contributed by atoms with Gasteiger partial charge in [-0.1, -0.05) is 6.92 Å². The zero-order chi connectivity index (χ0) is 14.5. The van der Waals surface area contributed by atoms with Crippen molar-refractivity contribution in [3.63, 3.8) is 0 Å². The van der Waals surface area contributed by atoms with Crippen LogP contribution < -0.4 is 0 Å². The standard InChI is InChI=1S/C13H28N4O2/c1-6-15-10-8-12(9-11-15)19-14-17(18)16(7-2)13(3,4)5/h12H,6-11H2,1-5H3/b17-14-. The second-order valence-corrected chi connectivity index (χ2v) is 5.96. The fraction of sp³-hybridized carbons (Fsp3) is 1.00. The van der Waals surface area contributed by atoms with E-state index in [4.69, 9.17) is 4.84 Å². The lowest BCUT2D eigenvalue weighted by molar-refractivity contribution is -0.725. The van der Waals surface area contributed by atoms with Gasteiger partial charge in [0.25, 0.3) is 0 Å². The average molecular weight is 272 g/mol. The van der Waals surface area contributed by atoms with Crippen LogP contribution in [-0.4, -0.2) is 52.7 Å². The first-order valence-corrected chi connectivity index (χ1v) is 7.22. The van der Waals surface area contributed by atoms with Gasteiger partial charge < -0.3 is 14.9 Å². The number of hydrogen-bond donors (Lipinski definition) is 0. The smallest absolute Gasteiger partial charge is 0.233 e. The highest BCUT2D eigenvalue weighted by Gasteiger charge is 2.28. The van der Waals surface area contributed by atoms with Crippen LogP contribution in [0.1, 0.15) is 47.5 Å². The van der Waals surface area contributed by atoms with Gasteiger partial charge >= 0.3 is 0 Å². The predicted molar refractivity (Wildman–Crippen MR) is 74.4 cm³/mol. The summed E-state index contributed by atoms with van der Waals surface area (Å²) in [6, 6.07) is 0. The molecule has 1 heterocycles. The van der Waals surface area contributed by atoms with Gasteiger partial charge in [0.1, 0.15) is 6.10 Å². The molecule has 0 radical (unpaired) electrons. The molecule has 0 aliphatic carbocycles. The lowest BCUT2D eigenvalue weighted by Crippen LogP contribution is -2.45. The monoisotopic (exact) mass is 272 g/mol.